The maximum Gasteiger partial charge on any atom is 0.410 e. The molecule has 0 atom stereocenters. The zero-order valence-electron chi connectivity index (χ0n) is 12.7. The standard InChI is InChI=1S/C16H21N3O2/c1-15(2,3)21-14(20)19-11-16(10-17,12-19)18-9-13-7-5-4-6-8-13/h4-8,18H,9,11-12H2,1-3H3. The second-order valence-corrected chi connectivity index (χ2v) is 6.37. The van der Waals surface area contributed by atoms with Gasteiger partial charge in [0.05, 0.1) is 19.2 Å². The van der Waals surface area contributed by atoms with Gasteiger partial charge in [0, 0.05) is 6.54 Å². The van der Waals surface area contributed by atoms with E-state index in [1.807, 2.05) is 51.1 Å². The van der Waals surface area contributed by atoms with Gasteiger partial charge in [-0.3, -0.25) is 5.32 Å². The molecule has 5 heteroatoms. The molecule has 0 spiro atoms. The van der Waals surface area contributed by atoms with Gasteiger partial charge in [-0.05, 0) is 26.3 Å². The lowest BCUT2D eigenvalue weighted by atomic mass is 9.91. The zero-order valence-corrected chi connectivity index (χ0v) is 12.7. The van der Waals surface area contributed by atoms with Crippen LogP contribution in [0.5, 0.6) is 0 Å². The molecule has 1 fully saturated rings. The summed E-state index contributed by atoms with van der Waals surface area (Å²) in [6.07, 6.45) is -0.366. The molecule has 0 unspecified atom stereocenters. The number of nitrogens with zero attached hydrogens (tertiary/aromatic N) is 2. The van der Waals surface area contributed by atoms with E-state index >= 15 is 0 Å². The molecule has 1 aliphatic heterocycles. The highest BCUT2D eigenvalue weighted by molar-refractivity contribution is 5.70. The Bertz CT molecular complexity index is 537. The minimum atomic E-state index is -0.674. The summed E-state index contributed by atoms with van der Waals surface area (Å²) >= 11 is 0. The minimum Gasteiger partial charge on any atom is -0.444 e. The first-order chi connectivity index (χ1) is 9.84. The lowest BCUT2D eigenvalue weighted by Crippen LogP contribution is -2.69. The van der Waals surface area contributed by atoms with Gasteiger partial charge in [0.15, 0.2) is 0 Å². The van der Waals surface area contributed by atoms with Crippen LogP contribution in [-0.4, -0.2) is 35.2 Å². The molecule has 1 heterocycles. The number of carbonyl (C=O) groups excluding carboxylic acids is 1. The van der Waals surface area contributed by atoms with Gasteiger partial charge in [-0.15, -0.1) is 0 Å². The van der Waals surface area contributed by atoms with Crippen LogP contribution < -0.4 is 5.32 Å². The Balaban J connectivity index is 1.86. The van der Waals surface area contributed by atoms with E-state index in [1.165, 1.54) is 0 Å². The summed E-state index contributed by atoms with van der Waals surface area (Å²) in [7, 11) is 0. The van der Waals surface area contributed by atoms with Crippen molar-refractivity contribution in [2.45, 2.75) is 38.5 Å². The fourth-order valence-electron chi connectivity index (χ4n) is 2.15. The molecule has 1 saturated heterocycles. The molecular weight excluding hydrogens is 266 g/mol. The molecule has 0 bridgehead atoms. The normalized spacial score (nSPS) is 16.8. The molecule has 2 rings (SSSR count). The largest absolute Gasteiger partial charge is 0.444 e. The predicted molar refractivity (Wildman–Crippen MR) is 79.4 cm³/mol. The smallest absolute Gasteiger partial charge is 0.410 e. The van der Waals surface area contributed by atoms with Crippen molar-refractivity contribution in [1.82, 2.24) is 10.2 Å². The van der Waals surface area contributed by atoms with Crippen molar-refractivity contribution in [1.29, 1.82) is 5.26 Å². The van der Waals surface area contributed by atoms with E-state index in [0.717, 1.165) is 5.56 Å². The Labute approximate surface area is 125 Å². The van der Waals surface area contributed by atoms with Crippen LogP contribution >= 0.6 is 0 Å². The molecule has 0 aromatic heterocycles. The first-order valence-corrected chi connectivity index (χ1v) is 7.02. The SMILES string of the molecule is CC(C)(C)OC(=O)N1CC(C#N)(NCc2ccccc2)C1. The Kier molecular flexibility index (Phi) is 4.19. The fraction of sp³-hybridized carbons (Fsp3) is 0.500. The average molecular weight is 287 g/mol. The Morgan fingerprint density at radius 1 is 1.38 bits per heavy atom. The van der Waals surface area contributed by atoms with Crippen LogP contribution in [0.25, 0.3) is 0 Å². The highest BCUT2D eigenvalue weighted by atomic mass is 16.6. The molecule has 5 nitrogen and oxygen atoms in total. The quantitative estimate of drug-likeness (QED) is 0.926. The van der Waals surface area contributed by atoms with Crippen molar-refractivity contribution in [2.75, 3.05) is 13.1 Å². The van der Waals surface area contributed by atoms with E-state index in [-0.39, 0.29) is 6.09 Å². The number of carbonyl (C=O) groups is 1. The Morgan fingerprint density at radius 3 is 2.52 bits per heavy atom. The van der Waals surface area contributed by atoms with E-state index in [9.17, 15) is 10.1 Å². The van der Waals surface area contributed by atoms with Crippen LogP contribution in [0.15, 0.2) is 30.3 Å². The van der Waals surface area contributed by atoms with Gasteiger partial charge in [0.2, 0.25) is 0 Å². The van der Waals surface area contributed by atoms with Gasteiger partial charge >= 0.3 is 6.09 Å². The number of ether oxygens (including phenoxy) is 1. The second kappa shape index (κ2) is 5.74. The lowest BCUT2D eigenvalue weighted by molar-refractivity contribution is -0.00517. The van der Waals surface area contributed by atoms with Crippen LogP contribution in [0.3, 0.4) is 0 Å². The second-order valence-electron chi connectivity index (χ2n) is 6.37. The molecule has 1 amide bonds. The number of hydrogen-bond donors (Lipinski definition) is 1. The van der Waals surface area contributed by atoms with Crippen molar-refractivity contribution >= 4 is 6.09 Å². The highest BCUT2D eigenvalue weighted by Crippen LogP contribution is 2.23. The monoisotopic (exact) mass is 287 g/mol. The summed E-state index contributed by atoms with van der Waals surface area (Å²) in [6, 6.07) is 12.2. The lowest BCUT2D eigenvalue weighted by Gasteiger charge is -2.45. The van der Waals surface area contributed by atoms with E-state index in [1.54, 1.807) is 4.90 Å². The number of benzene rings is 1. The van der Waals surface area contributed by atoms with Crippen molar-refractivity contribution in [2.24, 2.45) is 0 Å². The van der Waals surface area contributed by atoms with Gasteiger partial charge in [-0.2, -0.15) is 5.26 Å². The van der Waals surface area contributed by atoms with Crippen molar-refractivity contribution in [3.8, 4) is 6.07 Å². The molecule has 1 N–H and O–H groups in total. The van der Waals surface area contributed by atoms with Crippen LogP contribution in [0.4, 0.5) is 4.79 Å². The Hall–Kier alpha value is -2.06. The molecule has 1 aliphatic rings. The number of likely N-dealkylation sites (tertiary alicyclic amines) is 1. The van der Waals surface area contributed by atoms with Crippen molar-refractivity contribution in [3.63, 3.8) is 0 Å². The van der Waals surface area contributed by atoms with E-state index < -0.39 is 11.1 Å². The molecule has 21 heavy (non-hydrogen) atoms. The van der Waals surface area contributed by atoms with E-state index in [0.29, 0.717) is 19.6 Å². The summed E-state index contributed by atoms with van der Waals surface area (Å²) in [6.45, 7) is 6.80. The van der Waals surface area contributed by atoms with Gasteiger partial charge in [0.25, 0.3) is 0 Å². The molecule has 0 saturated carbocycles. The van der Waals surface area contributed by atoms with Crippen LogP contribution in [0.1, 0.15) is 26.3 Å². The van der Waals surface area contributed by atoms with Gasteiger partial charge in [-0.25, -0.2) is 4.79 Å². The van der Waals surface area contributed by atoms with Gasteiger partial charge < -0.3 is 9.64 Å². The third kappa shape index (κ3) is 3.96. The summed E-state index contributed by atoms with van der Waals surface area (Å²) in [5.74, 6) is 0. The van der Waals surface area contributed by atoms with Crippen LogP contribution in [-0.2, 0) is 11.3 Å². The zero-order chi connectivity index (χ0) is 15.5. The number of nitrogens with one attached hydrogen (secondary N) is 1. The van der Waals surface area contributed by atoms with Crippen molar-refractivity contribution < 1.29 is 9.53 Å². The van der Waals surface area contributed by atoms with E-state index in [4.69, 9.17) is 4.74 Å². The number of amides is 1. The minimum absolute atomic E-state index is 0.352. The summed E-state index contributed by atoms with van der Waals surface area (Å²) in [4.78, 5) is 13.4. The summed E-state index contributed by atoms with van der Waals surface area (Å²) in [5, 5.41) is 12.6. The fourth-order valence-corrected chi connectivity index (χ4v) is 2.15. The van der Waals surface area contributed by atoms with E-state index in [2.05, 4.69) is 11.4 Å². The maximum atomic E-state index is 11.9. The molecule has 112 valence electrons. The predicted octanol–water partition coefficient (Wildman–Crippen LogP) is 2.29. The third-order valence-corrected chi connectivity index (χ3v) is 3.26. The molecule has 0 radical (unpaired) electrons. The van der Waals surface area contributed by atoms with Crippen LogP contribution in [0.2, 0.25) is 0 Å². The summed E-state index contributed by atoms with van der Waals surface area (Å²) in [5.41, 5.74) is -0.0746. The topological polar surface area (TPSA) is 65.4 Å². The molecule has 1 aromatic rings. The first-order valence-electron chi connectivity index (χ1n) is 7.02. The summed E-state index contributed by atoms with van der Waals surface area (Å²) < 4.78 is 5.29. The number of nitriles is 1. The third-order valence-electron chi connectivity index (χ3n) is 3.26. The van der Waals surface area contributed by atoms with Gasteiger partial charge in [0.1, 0.15) is 11.1 Å². The molecule has 1 aromatic carbocycles. The average Bonchev–Trinajstić information content (AvgIpc) is 2.37. The van der Waals surface area contributed by atoms with Crippen molar-refractivity contribution in [3.05, 3.63) is 35.9 Å². The maximum absolute atomic E-state index is 11.9. The number of rotatable bonds is 3. The van der Waals surface area contributed by atoms with Crippen LogP contribution in [0, 0.1) is 11.3 Å². The number of hydrogen-bond acceptors (Lipinski definition) is 4. The molecular formula is C16H21N3O2. The Morgan fingerprint density at radius 2 is 2.00 bits per heavy atom. The highest BCUT2D eigenvalue weighted by Gasteiger charge is 2.46. The first kappa shape index (κ1) is 15.3. The molecule has 0 aliphatic carbocycles. The van der Waals surface area contributed by atoms with Gasteiger partial charge in [-0.1, -0.05) is 30.3 Å².